The average Bonchev–Trinajstić information content (AvgIpc) is 3.23. The molecule has 6 heteroatoms. The molecule has 1 fully saturated rings. The van der Waals surface area contributed by atoms with E-state index in [1.807, 2.05) is 6.07 Å². The van der Waals surface area contributed by atoms with Crippen LogP contribution in [0.15, 0.2) is 65.5 Å². The van der Waals surface area contributed by atoms with Gasteiger partial charge in [-0.05, 0) is 65.3 Å². The summed E-state index contributed by atoms with van der Waals surface area (Å²) in [7, 11) is 0. The Balaban J connectivity index is 1.61. The first-order valence-electron chi connectivity index (χ1n) is 11.5. The number of aromatic nitrogens is 1. The molecule has 3 aromatic rings. The summed E-state index contributed by atoms with van der Waals surface area (Å²) in [5.41, 5.74) is 4.41. The normalized spacial score (nSPS) is 17.4. The molecular formula is C28H29ClF2N2O. The lowest BCUT2D eigenvalue weighted by Crippen LogP contribution is -2.20. The van der Waals surface area contributed by atoms with E-state index in [1.54, 1.807) is 12.1 Å². The minimum Gasteiger partial charge on any atom is -0.321 e. The smallest absolute Gasteiger partial charge is 0.267 e. The molecule has 0 unspecified atom stereocenters. The van der Waals surface area contributed by atoms with Crippen LogP contribution >= 0.6 is 11.6 Å². The van der Waals surface area contributed by atoms with E-state index in [1.165, 1.54) is 17.7 Å². The first-order chi connectivity index (χ1) is 16.1. The van der Waals surface area contributed by atoms with Crippen LogP contribution < -0.4 is 5.56 Å². The van der Waals surface area contributed by atoms with Crippen LogP contribution in [0.1, 0.15) is 49.6 Å². The number of rotatable bonds is 5. The van der Waals surface area contributed by atoms with Crippen molar-refractivity contribution in [2.24, 2.45) is 5.92 Å². The summed E-state index contributed by atoms with van der Waals surface area (Å²) in [5.74, 6) is -1.40. The van der Waals surface area contributed by atoms with Gasteiger partial charge in [-0.25, -0.2) is 8.78 Å². The Morgan fingerprint density at radius 3 is 2.47 bits per heavy atom. The molecule has 1 N–H and O–H groups in total. The molecule has 0 aliphatic carbocycles. The van der Waals surface area contributed by atoms with E-state index < -0.39 is 11.6 Å². The average molecular weight is 483 g/mol. The number of nitrogens with one attached hydrogen (secondary N) is 1. The van der Waals surface area contributed by atoms with Gasteiger partial charge < -0.3 is 4.98 Å². The molecular weight excluding hydrogens is 454 g/mol. The first-order valence-corrected chi connectivity index (χ1v) is 11.9. The van der Waals surface area contributed by atoms with Crippen molar-refractivity contribution in [1.29, 1.82) is 0 Å². The Labute approximate surface area is 204 Å². The van der Waals surface area contributed by atoms with Gasteiger partial charge in [-0.3, -0.25) is 9.69 Å². The highest BCUT2D eigenvalue weighted by Crippen LogP contribution is 2.30. The van der Waals surface area contributed by atoms with Gasteiger partial charge in [-0.2, -0.15) is 0 Å². The summed E-state index contributed by atoms with van der Waals surface area (Å²) < 4.78 is 26.9. The fourth-order valence-corrected chi connectivity index (χ4v) is 4.49. The third-order valence-corrected chi connectivity index (χ3v) is 6.61. The zero-order valence-corrected chi connectivity index (χ0v) is 20.4. The van der Waals surface area contributed by atoms with Gasteiger partial charge in [0.15, 0.2) is 11.6 Å². The van der Waals surface area contributed by atoms with Crippen molar-refractivity contribution in [3.05, 3.63) is 110 Å². The lowest BCUT2D eigenvalue weighted by molar-refractivity contribution is 0.323. The SMILES string of the molecule is CC(C)(C)c1ccc(/C(=C\[C@H]2CCN(Cc3ccc(F)c(F)c3)C2)c2ccc(Cl)c(=O)[nH]2)cc1. The second kappa shape index (κ2) is 9.85. The van der Waals surface area contributed by atoms with E-state index in [9.17, 15) is 13.6 Å². The number of halogens is 3. The summed E-state index contributed by atoms with van der Waals surface area (Å²) in [6.07, 6.45) is 3.14. The van der Waals surface area contributed by atoms with E-state index in [-0.39, 0.29) is 21.9 Å². The molecule has 2 heterocycles. The molecule has 4 rings (SSSR count). The monoisotopic (exact) mass is 482 g/mol. The van der Waals surface area contributed by atoms with Gasteiger partial charge in [0.1, 0.15) is 5.02 Å². The molecule has 1 atom stereocenters. The van der Waals surface area contributed by atoms with Gasteiger partial charge in [-0.15, -0.1) is 0 Å². The Morgan fingerprint density at radius 2 is 1.82 bits per heavy atom. The quantitative estimate of drug-likeness (QED) is 0.447. The third kappa shape index (κ3) is 5.65. The van der Waals surface area contributed by atoms with Crippen LogP contribution in [0.25, 0.3) is 5.57 Å². The number of benzene rings is 2. The molecule has 34 heavy (non-hydrogen) atoms. The molecule has 0 saturated carbocycles. The largest absolute Gasteiger partial charge is 0.321 e. The van der Waals surface area contributed by atoms with E-state index in [0.717, 1.165) is 41.9 Å². The van der Waals surface area contributed by atoms with Crippen LogP contribution in [0.4, 0.5) is 8.78 Å². The van der Waals surface area contributed by atoms with Crippen LogP contribution in [0, 0.1) is 17.6 Å². The maximum atomic E-state index is 13.6. The zero-order valence-electron chi connectivity index (χ0n) is 19.7. The van der Waals surface area contributed by atoms with Crippen molar-refractivity contribution in [2.75, 3.05) is 13.1 Å². The summed E-state index contributed by atoms with van der Waals surface area (Å²) in [5, 5.41) is 0.157. The molecule has 1 aromatic heterocycles. The van der Waals surface area contributed by atoms with E-state index in [4.69, 9.17) is 11.6 Å². The van der Waals surface area contributed by atoms with Crippen LogP contribution in [0.5, 0.6) is 0 Å². The van der Waals surface area contributed by atoms with Crippen molar-refractivity contribution in [2.45, 2.75) is 39.2 Å². The van der Waals surface area contributed by atoms with Gasteiger partial charge in [0.25, 0.3) is 5.56 Å². The second-order valence-corrected chi connectivity index (χ2v) is 10.4. The lowest BCUT2D eigenvalue weighted by Gasteiger charge is -2.20. The second-order valence-electron chi connectivity index (χ2n) is 9.99. The molecule has 0 amide bonds. The van der Waals surface area contributed by atoms with Crippen molar-refractivity contribution in [1.82, 2.24) is 9.88 Å². The van der Waals surface area contributed by atoms with Crippen LogP contribution in [-0.2, 0) is 12.0 Å². The predicted octanol–water partition coefficient (Wildman–Crippen LogP) is 6.56. The van der Waals surface area contributed by atoms with Crippen LogP contribution in [0.3, 0.4) is 0 Å². The summed E-state index contributed by atoms with van der Waals surface area (Å²) in [6.45, 7) is 8.74. The predicted molar refractivity (Wildman–Crippen MR) is 134 cm³/mol. The highest BCUT2D eigenvalue weighted by molar-refractivity contribution is 6.30. The molecule has 1 aliphatic rings. The Morgan fingerprint density at radius 1 is 1.09 bits per heavy atom. The number of nitrogens with zero attached hydrogens (tertiary/aromatic N) is 1. The van der Waals surface area contributed by atoms with E-state index in [0.29, 0.717) is 6.54 Å². The Kier molecular flexibility index (Phi) is 7.06. The highest BCUT2D eigenvalue weighted by Gasteiger charge is 2.23. The fraction of sp³-hybridized carbons (Fsp3) is 0.321. The Hall–Kier alpha value is -2.76. The highest BCUT2D eigenvalue weighted by atomic mass is 35.5. The molecule has 3 nitrogen and oxygen atoms in total. The van der Waals surface area contributed by atoms with Gasteiger partial charge in [-0.1, -0.05) is 68.8 Å². The van der Waals surface area contributed by atoms with E-state index >= 15 is 0 Å². The standard InChI is InChI=1S/C28H29ClF2N2O/c1-28(2,3)21-7-5-20(6-8-21)22(26-11-9-23(29)27(34)32-26)14-19-12-13-33(17-19)16-18-4-10-24(30)25(31)15-18/h4-11,14-15,19H,12-13,16-17H2,1-3H3,(H,32,34)/b22-14+/t19-/m1/s1. The minimum absolute atomic E-state index is 0.0444. The van der Waals surface area contributed by atoms with Gasteiger partial charge in [0, 0.05) is 24.4 Å². The van der Waals surface area contributed by atoms with E-state index in [2.05, 4.69) is 61.0 Å². The van der Waals surface area contributed by atoms with Gasteiger partial charge in [0.2, 0.25) is 0 Å². The first kappa shape index (κ1) is 24.4. The number of H-pyrrole nitrogens is 1. The molecule has 1 saturated heterocycles. The number of hydrogen-bond donors (Lipinski definition) is 1. The summed E-state index contributed by atoms with van der Waals surface area (Å²) >= 11 is 5.97. The Bertz CT molecular complexity index is 1260. The fourth-order valence-electron chi connectivity index (χ4n) is 4.38. The number of aromatic amines is 1. The molecule has 0 radical (unpaired) electrons. The minimum atomic E-state index is -0.829. The lowest BCUT2D eigenvalue weighted by atomic mass is 9.85. The topological polar surface area (TPSA) is 36.1 Å². The molecule has 0 spiro atoms. The number of hydrogen-bond acceptors (Lipinski definition) is 2. The van der Waals surface area contributed by atoms with Crippen LogP contribution in [-0.4, -0.2) is 23.0 Å². The van der Waals surface area contributed by atoms with Gasteiger partial charge >= 0.3 is 0 Å². The number of likely N-dealkylation sites (tertiary alicyclic amines) is 1. The van der Waals surface area contributed by atoms with Crippen molar-refractivity contribution in [3.8, 4) is 0 Å². The maximum absolute atomic E-state index is 13.6. The van der Waals surface area contributed by atoms with Crippen molar-refractivity contribution >= 4 is 17.2 Å². The number of pyridine rings is 1. The zero-order chi connectivity index (χ0) is 24.5. The third-order valence-electron chi connectivity index (χ3n) is 6.31. The molecule has 0 bridgehead atoms. The molecule has 2 aromatic carbocycles. The summed E-state index contributed by atoms with van der Waals surface area (Å²) in [6, 6.07) is 16.0. The molecule has 178 valence electrons. The van der Waals surface area contributed by atoms with Crippen LogP contribution in [0.2, 0.25) is 5.02 Å². The van der Waals surface area contributed by atoms with Gasteiger partial charge in [0.05, 0.1) is 0 Å². The van der Waals surface area contributed by atoms with Crippen molar-refractivity contribution in [3.63, 3.8) is 0 Å². The maximum Gasteiger partial charge on any atom is 0.267 e. The molecule has 1 aliphatic heterocycles. The van der Waals surface area contributed by atoms with Crippen molar-refractivity contribution < 1.29 is 8.78 Å². The summed E-state index contributed by atoms with van der Waals surface area (Å²) in [4.78, 5) is 17.4.